The SMILES string of the molecule is O=C(NCCn1nc(-c2ccccc2)n(C2CC2)c1=O)NCc1ccccc1. The van der Waals surface area contributed by atoms with E-state index in [0.29, 0.717) is 25.5 Å². The fraction of sp³-hybridized carbons (Fsp3) is 0.286. The number of benzene rings is 2. The van der Waals surface area contributed by atoms with Crippen LogP contribution in [0.4, 0.5) is 4.79 Å². The third kappa shape index (κ3) is 4.14. The molecule has 1 aliphatic carbocycles. The molecule has 2 N–H and O–H groups in total. The van der Waals surface area contributed by atoms with Gasteiger partial charge in [0.15, 0.2) is 5.82 Å². The van der Waals surface area contributed by atoms with E-state index in [0.717, 1.165) is 24.0 Å². The van der Waals surface area contributed by atoms with E-state index in [2.05, 4.69) is 15.7 Å². The minimum Gasteiger partial charge on any atom is -0.336 e. The summed E-state index contributed by atoms with van der Waals surface area (Å²) in [5.41, 5.74) is 1.84. The molecular weight excluding hydrogens is 354 g/mol. The van der Waals surface area contributed by atoms with E-state index in [-0.39, 0.29) is 17.8 Å². The van der Waals surface area contributed by atoms with Crippen molar-refractivity contribution in [2.24, 2.45) is 0 Å². The van der Waals surface area contributed by atoms with Crippen molar-refractivity contribution in [3.8, 4) is 11.4 Å². The highest BCUT2D eigenvalue weighted by Gasteiger charge is 2.30. The molecule has 1 aromatic heterocycles. The van der Waals surface area contributed by atoms with Gasteiger partial charge in [0.2, 0.25) is 0 Å². The molecule has 4 rings (SSSR count). The largest absolute Gasteiger partial charge is 0.346 e. The van der Waals surface area contributed by atoms with Crippen LogP contribution >= 0.6 is 0 Å². The number of nitrogens with zero attached hydrogens (tertiary/aromatic N) is 3. The van der Waals surface area contributed by atoms with E-state index in [1.165, 1.54) is 4.68 Å². The number of nitrogens with one attached hydrogen (secondary N) is 2. The van der Waals surface area contributed by atoms with E-state index < -0.39 is 0 Å². The van der Waals surface area contributed by atoms with E-state index >= 15 is 0 Å². The fourth-order valence-corrected chi connectivity index (χ4v) is 3.13. The molecule has 0 radical (unpaired) electrons. The summed E-state index contributed by atoms with van der Waals surface area (Å²) in [6.07, 6.45) is 2.01. The number of aromatic nitrogens is 3. The lowest BCUT2D eigenvalue weighted by atomic mass is 10.2. The molecule has 0 atom stereocenters. The van der Waals surface area contributed by atoms with Gasteiger partial charge in [-0.2, -0.15) is 0 Å². The Morgan fingerprint density at radius 2 is 1.68 bits per heavy atom. The van der Waals surface area contributed by atoms with Crippen molar-refractivity contribution in [3.63, 3.8) is 0 Å². The second-order valence-corrected chi connectivity index (χ2v) is 6.89. The molecule has 7 heteroatoms. The quantitative estimate of drug-likeness (QED) is 0.664. The van der Waals surface area contributed by atoms with Gasteiger partial charge < -0.3 is 10.6 Å². The topological polar surface area (TPSA) is 81.0 Å². The van der Waals surface area contributed by atoms with E-state index in [9.17, 15) is 9.59 Å². The normalized spacial score (nSPS) is 13.3. The molecule has 2 amide bonds. The van der Waals surface area contributed by atoms with Crippen LogP contribution in [0.25, 0.3) is 11.4 Å². The molecule has 0 spiro atoms. The number of hydrogen-bond donors (Lipinski definition) is 2. The second kappa shape index (κ2) is 8.12. The summed E-state index contributed by atoms with van der Waals surface area (Å²) in [6, 6.07) is 19.4. The van der Waals surface area contributed by atoms with Crippen LogP contribution in [-0.4, -0.2) is 26.9 Å². The number of hydrogen-bond acceptors (Lipinski definition) is 3. The predicted octanol–water partition coefficient (Wildman–Crippen LogP) is 2.55. The molecular formula is C21H23N5O2. The van der Waals surface area contributed by atoms with E-state index in [1.54, 1.807) is 4.57 Å². The lowest BCUT2D eigenvalue weighted by Gasteiger charge is -2.07. The smallest absolute Gasteiger partial charge is 0.336 e. The highest BCUT2D eigenvalue weighted by molar-refractivity contribution is 5.73. The average Bonchev–Trinajstić information content (AvgIpc) is 3.52. The van der Waals surface area contributed by atoms with E-state index in [4.69, 9.17) is 0 Å². The maximum absolute atomic E-state index is 12.8. The molecule has 1 aliphatic rings. The Labute approximate surface area is 163 Å². The lowest BCUT2D eigenvalue weighted by Crippen LogP contribution is -2.38. The van der Waals surface area contributed by atoms with Crippen LogP contribution in [0, 0.1) is 0 Å². The summed E-state index contributed by atoms with van der Waals surface area (Å²) in [6.45, 7) is 1.12. The second-order valence-electron chi connectivity index (χ2n) is 6.89. The zero-order valence-electron chi connectivity index (χ0n) is 15.5. The Morgan fingerprint density at radius 1 is 1.00 bits per heavy atom. The van der Waals surface area contributed by atoms with Crippen molar-refractivity contribution >= 4 is 6.03 Å². The summed E-state index contributed by atoms with van der Waals surface area (Å²) in [5.74, 6) is 0.696. The minimum atomic E-state index is -0.262. The van der Waals surface area contributed by atoms with Crippen LogP contribution in [0.1, 0.15) is 24.4 Å². The Morgan fingerprint density at radius 3 is 2.36 bits per heavy atom. The highest BCUT2D eigenvalue weighted by Crippen LogP contribution is 2.36. The Hall–Kier alpha value is -3.35. The summed E-state index contributed by atoms with van der Waals surface area (Å²) in [4.78, 5) is 24.7. The molecule has 2 aromatic carbocycles. The molecule has 1 fully saturated rings. The van der Waals surface area contributed by atoms with Crippen LogP contribution < -0.4 is 16.3 Å². The molecule has 0 bridgehead atoms. The van der Waals surface area contributed by atoms with Gasteiger partial charge in [-0.1, -0.05) is 60.7 Å². The first-order chi connectivity index (χ1) is 13.7. The Kier molecular flexibility index (Phi) is 5.23. The zero-order valence-corrected chi connectivity index (χ0v) is 15.5. The standard InChI is InChI=1S/C21H23N5O2/c27-20(23-15-16-7-3-1-4-8-16)22-13-14-25-21(28)26(18-11-12-18)19(24-25)17-9-5-2-6-10-17/h1-10,18H,11-15H2,(H2,22,23,27). The zero-order chi connectivity index (χ0) is 19.3. The van der Waals surface area contributed by atoms with Crippen molar-refractivity contribution < 1.29 is 4.79 Å². The third-order valence-corrected chi connectivity index (χ3v) is 4.72. The van der Waals surface area contributed by atoms with Crippen LogP contribution in [0.3, 0.4) is 0 Å². The predicted molar refractivity (Wildman–Crippen MR) is 107 cm³/mol. The number of urea groups is 1. The van der Waals surface area contributed by atoms with Crippen LogP contribution in [-0.2, 0) is 13.1 Å². The van der Waals surface area contributed by atoms with Gasteiger partial charge in [-0.05, 0) is 18.4 Å². The monoisotopic (exact) mass is 377 g/mol. The fourth-order valence-electron chi connectivity index (χ4n) is 3.13. The first-order valence-corrected chi connectivity index (χ1v) is 9.53. The molecule has 7 nitrogen and oxygen atoms in total. The lowest BCUT2D eigenvalue weighted by molar-refractivity contribution is 0.240. The maximum atomic E-state index is 12.8. The van der Waals surface area contributed by atoms with Gasteiger partial charge in [-0.25, -0.2) is 14.3 Å². The number of rotatable bonds is 7. The molecule has 1 saturated carbocycles. The van der Waals surface area contributed by atoms with Crippen LogP contribution in [0.2, 0.25) is 0 Å². The average molecular weight is 377 g/mol. The van der Waals surface area contributed by atoms with Crippen molar-refractivity contribution in [2.45, 2.75) is 32.0 Å². The van der Waals surface area contributed by atoms with Gasteiger partial charge in [0.25, 0.3) is 0 Å². The first kappa shape index (κ1) is 18.0. The summed E-state index contributed by atoms with van der Waals surface area (Å²) in [5, 5.41) is 10.1. The summed E-state index contributed by atoms with van der Waals surface area (Å²) < 4.78 is 3.23. The van der Waals surface area contributed by atoms with Crippen molar-refractivity contribution in [2.75, 3.05) is 6.54 Å². The minimum absolute atomic E-state index is 0.118. The number of carbonyl (C=O) groups is 1. The maximum Gasteiger partial charge on any atom is 0.346 e. The van der Waals surface area contributed by atoms with Crippen molar-refractivity contribution in [1.29, 1.82) is 0 Å². The molecule has 28 heavy (non-hydrogen) atoms. The summed E-state index contributed by atoms with van der Waals surface area (Å²) >= 11 is 0. The summed E-state index contributed by atoms with van der Waals surface area (Å²) in [7, 11) is 0. The molecule has 0 aliphatic heterocycles. The third-order valence-electron chi connectivity index (χ3n) is 4.72. The first-order valence-electron chi connectivity index (χ1n) is 9.53. The molecule has 0 unspecified atom stereocenters. The van der Waals surface area contributed by atoms with Gasteiger partial charge in [-0.3, -0.25) is 4.57 Å². The number of amides is 2. The molecule has 0 saturated heterocycles. The Bertz CT molecular complexity index is 991. The van der Waals surface area contributed by atoms with Gasteiger partial charge in [-0.15, -0.1) is 5.10 Å². The number of carbonyl (C=O) groups excluding carboxylic acids is 1. The van der Waals surface area contributed by atoms with Gasteiger partial charge in [0.05, 0.1) is 6.54 Å². The van der Waals surface area contributed by atoms with Crippen molar-refractivity contribution in [3.05, 3.63) is 76.7 Å². The van der Waals surface area contributed by atoms with Gasteiger partial charge in [0, 0.05) is 24.7 Å². The van der Waals surface area contributed by atoms with Crippen molar-refractivity contribution in [1.82, 2.24) is 25.0 Å². The van der Waals surface area contributed by atoms with Crippen LogP contribution in [0.5, 0.6) is 0 Å². The van der Waals surface area contributed by atoms with Gasteiger partial charge in [0.1, 0.15) is 0 Å². The molecule has 3 aromatic rings. The van der Waals surface area contributed by atoms with Crippen LogP contribution in [0.15, 0.2) is 65.5 Å². The molecule has 144 valence electrons. The Balaban J connectivity index is 1.37. The molecule has 1 heterocycles. The highest BCUT2D eigenvalue weighted by atomic mass is 16.2. The van der Waals surface area contributed by atoms with E-state index in [1.807, 2.05) is 60.7 Å². The van der Waals surface area contributed by atoms with Gasteiger partial charge >= 0.3 is 11.7 Å².